The molecule has 0 aliphatic heterocycles. The summed E-state index contributed by atoms with van der Waals surface area (Å²) < 4.78 is 0. The Labute approximate surface area is 120 Å². The minimum Gasteiger partial charge on any atom is -0.0843 e. The molecular formula is C18H19Cl. The van der Waals surface area contributed by atoms with Crippen molar-refractivity contribution in [1.29, 1.82) is 0 Å². The number of halogens is 1. The molecule has 2 aromatic carbocycles. The van der Waals surface area contributed by atoms with Gasteiger partial charge in [0, 0.05) is 10.4 Å². The smallest absolute Gasteiger partial charge is 0.0409 e. The van der Waals surface area contributed by atoms with Crippen LogP contribution < -0.4 is 0 Å². The Morgan fingerprint density at radius 2 is 1.74 bits per heavy atom. The van der Waals surface area contributed by atoms with E-state index in [1.807, 2.05) is 6.07 Å². The van der Waals surface area contributed by atoms with Gasteiger partial charge in [0.25, 0.3) is 0 Å². The molecule has 0 saturated heterocycles. The first-order chi connectivity index (χ1) is 8.93. The second-order valence-corrected chi connectivity index (χ2v) is 6.68. The zero-order valence-corrected chi connectivity index (χ0v) is 12.7. The molecule has 0 radical (unpaired) electrons. The second-order valence-electron chi connectivity index (χ2n) is 6.24. The van der Waals surface area contributed by atoms with Crippen LogP contribution in [0.2, 0.25) is 5.02 Å². The molecule has 2 aromatic rings. The van der Waals surface area contributed by atoms with Crippen LogP contribution in [0.25, 0.3) is 11.1 Å². The van der Waals surface area contributed by atoms with Crippen molar-refractivity contribution in [2.45, 2.75) is 39.0 Å². The van der Waals surface area contributed by atoms with Crippen molar-refractivity contribution in [1.82, 2.24) is 0 Å². The topological polar surface area (TPSA) is 0 Å². The van der Waals surface area contributed by atoms with Gasteiger partial charge in [-0.1, -0.05) is 63.6 Å². The molecule has 1 aliphatic carbocycles. The van der Waals surface area contributed by atoms with Crippen LogP contribution in [0.15, 0.2) is 36.4 Å². The lowest BCUT2D eigenvalue weighted by Gasteiger charge is -2.22. The van der Waals surface area contributed by atoms with E-state index in [1.54, 1.807) is 0 Å². The zero-order valence-electron chi connectivity index (χ0n) is 11.9. The molecule has 0 atom stereocenters. The first-order valence-corrected chi connectivity index (χ1v) is 7.24. The third kappa shape index (κ3) is 1.74. The summed E-state index contributed by atoms with van der Waals surface area (Å²) in [5, 5.41) is 0.825. The largest absolute Gasteiger partial charge is 0.0843 e. The summed E-state index contributed by atoms with van der Waals surface area (Å²) in [5.74, 6) is 0.535. The number of rotatable bonds is 1. The first-order valence-electron chi connectivity index (χ1n) is 6.86. The molecule has 0 nitrogen and oxygen atoms in total. The lowest BCUT2D eigenvalue weighted by molar-refractivity contribution is 0.659. The summed E-state index contributed by atoms with van der Waals surface area (Å²) in [6, 6.07) is 13.0. The lowest BCUT2D eigenvalue weighted by atomic mass is 9.82. The van der Waals surface area contributed by atoms with Gasteiger partial charge in [0.05, 0.1) is 0 Å². The maximum absolute atomic E-state index is 6.20. The van der Waals surface area contributed by atoms with Crippen molar-refractivity contribution in [3.63, 3.8) is 0 Å². The van der Waals surface area contributed by atoms with E-state index in [4.69, 9.17) is 11.6 Å². The van der Waals surface area contributed by atoms with Gasteiger partial charge in [-0.05, 0) is 45.9 Å². The Hall–Kier alpha value is -1.27. The van der Waals surface area contributed by atoms with Crippen LogP contribution in [0.4, 0.5) is 0 Å². The molecule has 0 amide bonds. The number of benzene rings is 2. The minimum atomic E-state index is 0.0421. The molecule has 0 heterocycles. The van der Waals surface area contributed by atoms with Gasteiger partial charge in [-0.15, -0.1) is 0 Å². The van der Waals surface area contributed by atoms with Crippen LogP contribution in [0, 0.1) is 0 Å². The van der Waals surface area contributed by atoms with Gasteiger partial charge < -0.3 is 0 Å². The van der Waals surface area contributed by atoms with Crippen LogP contribution in [-0.4, -0.2) is 0 Å². The van der Waals surface area contributed by atoms with E-state index >= 15 is 0 Å². The van der Waals surface area contributed by atoms with Gasteiger partial charge in [0.1, 0.15) is 0 Å². The van der Waals surface area contributed by atoms with Crippen molar-refractivity contribution >= 4 is 11.6 Å². The monoisotopic (exact) mass is 270 g/mol. The van der Waals surface area contributed by atoms with E-state index in [-0.39, 0.29) is 5.41 Å². The van der Waals surface area contributed by atoms with E-state index in [0.29, 0.717) is 5.92 Å². The Balaban J connectivity index is 2.39. The number of hydrogen-bond donors (Lipinski definition) is 0. The lowest BCUT2D eigenvalue weighted by Crippen LogP contribution is -2.15. The van der Waals surface area contributed by atoms with Crippen LogP contribution in [0.5, 0.6) is 0 Å². The van der Waals surface area contributed by atoms with Crippen molar-refractivity contribution in [2.75, 3.05) is 0 Å². The average molecular weight is 271 g/mol. The van der Waals surface area contributed by atoms with Crippen molar-refractivity contribution in [2.24, 2.45) is 0 Å². The first kappa shape index (κ1) is 12.7. The highest BCUT2D eigenvalue weighted by molar-refractivity contribution is 6.30. The maximum atomic E-state index is 6.20. The second kappa shape index (κ2) is 4.11. The predicted molar refractivity (Wildman–Crippen MR) is 83.1 cm³/mol. The van der Waals surface area contributed by atoms with Crippen molar-refractivity contribution < 1.29 is 0 Å². The summed E-state index contributed by atoms with van der Waals surface area (Å²) >= 11 is 6.20. The Kier molecular flexibility index (Phi) is 2.76. The van der Waals surface area contributed by atoms with Crippen LogP contribution in [0.3, 0.4) is 0 Å². The van der Waals surface area contributed by atoms with Gasteiger partial charge in [-0.25, -0.2) is 0 Å². The van der Waals surface area contributed by atoms with E-state index in [2.05, 4.69) is 58.0 Å². The molecule has 98 valence electrons. The fraction of sp³-hybridized carbons (Fsp3) is 0.333. The Morgan fingerprint density at radius 3 is 2.42 bits per heavy atom. The molecule has 0 saturated carbocycles. The fourth-order valence-electron chi connectivity index (χ4n) is 3.27. The van der Waals surface area contributed by atoms with Gasteiger partial charge >= 0.3 is 0 Å². The molecular weight excluding hydrogens is 252 g/mol. The number of hydrogen-bond acceptors (Lipinski definition) is 0. The Morgan fingerprint density at radius 1 is 1.00 bits per heavy atom. The van der Waals surface area contributed by atoms with E-state index in [0.717, 1.165) is 5.02 Å². The minimum absolute atomic E-state index is 0.0421. The molecule has 0 bridgehead atoms. The fourth-order valence-corrected chi connectivity index (χ4v) is 3.44. The highest BCUT2D eigenvalue weighted by Gasteiger charge is 2.36. The van der Waals surface area contributed by atoms with Crippen molar-refractivity contribution in [3.05, 3.63) is 58.1 Å². The molecule has 1 aliphatic rings. The van der Waals surface area contributed by atoms with Gasteiger partial charge in [0.15, 0.2) is 0 Å². The van der Waals surface area contributed by atoms with Crippen LogP contribution in [-0.2, 0) is 5.41 Å². The van der Waals surface area contributed by atoms with Crippen molar-refractivity contribution in [3.8, 4) is 11.1 Å². The maximum Gasteiger partial charge on any atom is 0.0409 e. The molecule has 1 heteroatoms. The Bertz CT molecular complexity index is 651. The molecule has 3 rings (SSSR count). The summed E-state index contributed by atoms with van der Waals surface area (Å²) in [4.78, 5) is 0. The SMILES string of the molecule is CC(C)c1cccc2c1-c1ccc(Cl)cc1C2(C)C. The molecule has 19 heavy (non-hydrogen) atoms. The molecule has 0 unspecified atom stereocenters. The summed E-state index contributed by atoms with van der Waals surface area (Å²) in [7, 11) is 0. The van der Waals surface area contributed by atoms with Crippen LogP contribution in [0.1, 0.15) is 50.3 Å². The average Bonchev–Trinajstić information content (AvgIpc) is 2.58. The molecule has 0 aromatic heterocycles. The predicted octanol–water partition coefficient (Wildman–Crippen LogP) is 5.77. The van der Waals surface area contributed by atoms with E-state index in [1.165, 1.54) is 27.8 Å². The van der Waals surface area contributed by atoms with Gasteiger partial charge in [0.2, 0.25) is 0 Å². The van der Waals surface area contributed by atoms with Gasteiger partial charge in [-0.3, -0.25) is 0 Å². The zero-order chi connectivity index (χ0) is 13.8. The van der Waals surface area contributed by atoms with E-state index in [9.17, 15) is 0 Å². The highest BCUT2D eigenvalue weighted by atomic mass is 35.5. The molecule has 0 fully saturated rings. The summed E-state index contributed by atoms with van der Waals surface area (Å²) in [6.45, 7) is 9.10. The quantitative estimate of drug-likeness (QED) is 0.617. The van der Waals surface area contributed by atoms with E-state index < -0.39 is 0 Å². The summed E-state index contributed by atoms with van der Waals surface area (Å²) in [5.41, 5.74) is 7.04. The normalized spacial score (nSPS) is 15.5. The standard InChI is InChI=1S/C18H19Cl/c1-11(2)13-6-5-7-15-17(13)14-9-8-12(19)10-16(14)18(15,3)4/h5-11H,1-4H3. The molecule has 0 spiro atoms. The third-order valence-electron chi connectivity index (χ3n) is 4.32. The number of fused-ring (bicyclic) bond motifs is 3. The molecule has 0 N–H and O–H groups in total. The van der Waals surface area contributed by atoms with Gasteiger partial charge in [-0.2, -0.15) is 0 Å². The third-order valence-corrected chi connectivity index (χ3v) is 4.55. The van der Waals surface area contributed by atoms with Crippen LogP contribution >= 0.6 is 11.6 Å². The summed E-state index contributed by atoms with van der Waals surface area (Å²) in [6.07, 6.45) is 0. The highest BCUT2D eigenvalue weighted by Crippen LogP contribution is 2.51.